The number of carbonyl (C=O) groups excluding carboxylic acids is 2. The Hall–Kier alpha value is -2.09. The highest BCUT2D eigenvalue weighted by atomic mass is 32.1. The number of thiophene rings is 1. The van der Waals surface area contributed by atoms with Gasteiger partial charge in [-0.25, -0.2) is 4.79 Å². The lowest BCUT2D eigenvalue weighted by atomic mass is 9.78. The van der Waals surface area contributed by atoms with Gasteiger partial charge in [-0.1, -0.05) is 6.07 Å². The lowest BCUT2D eigenvalue weighted by molar-refractivity contribution is -0.144. The molecule has 2 fully saturated rings. The van der Waals surface area contributed by atoms with E-state index in [1.165, 1.54) is 0 Å². The number of nitrogens with one attached hydrogen (secondary N) is 2. The molecule has 3 amide bonds. The minimum absolute atomic E-state index is 0.0277. The molecule has 0 radical (unpaired) electrons. The molecule has 3 rings (SSSR count). The van der Waals surface area contributed by atoms with Crippen molar-refractivity contribution in [2.24, 2.45) is 5.92 Å². The van der Waals surface area contributed by atoms with Crippen molar-refractivity contribution in [3.8, 4) is 0 Å². The zero-order valence-electron chi connectivity index (χ0n) is 12.6. The smallest absolute Gasteiger partial charge is 0.317 e. The van der Waals surface area contributed by atoms with Crippen molar-refractivity contribution in [2.45, 2.75) is 31.3 Å². The first-order valence-corrected chi connectivity index (χ1v) is 8.47. The van der Waals surface area contributed by atoms with Crippen LogP contribution in [0.1, 0.15) is 24.1 Å². The minimum atomic E-state index is -0.945. The van der Waals surface area contributed by atoms with Crippen LogP contribution < -0.4 is 10.6 Å². The molecule has 0 aromatic carbocycles. The van der Waals surface area contributed by atoms with Gasteiger partial charge in [0.15, 0.2) is 0 Å². The number of hydrogen-bond donors (Lipinski definition) is 3. The van der Waals surface area contributed by atoms with Crippen molar-refractivity contribution in [1.82, 2.24) is 15.5 Å². The first-order valence-electron chi connectivity index (χ1n) is 7.59. The molecule has 8 heteroatoms. The number of likely N-dealkylation sites (tertiary alicyclic amines) is 1. The van der Waals surface area contributed by atoms with E-state index >= 15 is 0 Å². The molecule has 7 nitrogen and oxygen atoms in total. The highest BCUT2D eigenvalue weighted by Crippen LogP contribution is 2.36. The summed E-state index contributed by atoms with van der Waals surface area (Å²) in [6.45, 7) is 1.38. The number of nitrogens with zero attached hydrogens (tertiary/aromatic N) is 1. The van der Waals surface area contributed by atoms with Gasteiger partial charge in [-0.3, -0.25) is 9.59 Å². The Bertz CT molecular complexity index is 608. The molecule has 0 saturated carbocycles. The van der Waals surface area contributed by atoms with Gasteiger partial charge in [0.2, 0.25) is 5.91 Å². The highest BCUT2D eigenvalue weighted by molar-refractivity contribution is 7.09. The van der Waals surface area contributed by atoms with Gasteiger partial charge in [-0.2, -0.15) is 0 Å². The quantitative estimate of drug-likeness (QED) is 0.767. The number of piperidine rings is 1. The third-order valence-corrected chi connectivity index (χ3v) is 5.56. The van der Waals surface area contributed by atoms with Gasteiger partial charge in [-0.15, -0.1) is 11.3 Å². The van der Waals surface area contributed by atoms with E-state index in [9.17, 15) is 19.5 Å². The Kier molecular flexibility index (Phi) is 4.25. The third kappa shape index (κ3) is 3.17. The van der Waals surface area contributed by atoms with Gasteiger partial charge in [0.05, 0.1) is 18.0 Å². The molecule has 1 spiro atoms. The molecule has 0 unspecified atom stereocenters. The number of carbonyl (C=O) groups is 3. The second-order valence-corrected chi connectivity index (χ2v) is 7.06. The van der Waals surface area contributed by atoms with Crippen molar-refractivity contribution in [3.05, 3.63) is 22.4 Å². The van der Waals surface area contributed by atoms with E-state index in [-0.39, 0.29) is 18.4 Å². The van der Waals surface area contributed by atoms with Crippen LogP contribution in [0.3, 0.4) is 0 Å². The van der Waals surface area contributed by atoms with E-state index in [1.807, 2.05) is 17.5 Å². The van der Waals surface area contributed by atoms with Crippen molar-refractivity contribution in [3.63, 3.8) is 0 Å². The van der Waals surface area contributed by atoms with E-state index in [4.69, 9.17) is 0 Å². The van der Waals surface area contributed by atoms with Crippen LogP contribution in [0.2, 0.25) is 0 Å². The number of carboxylic acids is 1. The molecule has 0 aliphatic carbocycles. The fraction of sp³-hybridized carbons (Fsp3) is 0.533. The summed E-state index contributed by atoms with van der Waals surface area (Å²) in [5.74, 6) is -1.86. The largest absolute Gasteiger partial charge is 0.481 e. The monoisotopic (exact) mass is 337 g/mol. The van der Waals surface area contributed by atoms with Crippen LogP contribution in [0.5, 0.6) is 0 Å². The number of rotatable bonds is 3. The van der Waals surface area contributed by atoms with E-state index in [0.717, 1.165) is 4.88 Å². The van der Waals surface area contributed by atoms with Gasteiger partial charge >= 0.3 is 12.0 Å². The molecule has 2 saturated heterocycles. The van der Waals surface area contributed by atoms with Crippen LogP contribution in [0.15, 0.2) is 17.5 Å². The zero-order valence-corrected chi connectivity index (χ0v) is 13.4. The minimum Gasteiger partial charge on any atom is -0.481 e. The van der Waals surface area contributed by atoms with Crippen molar-refractivity contribution in [2.75, 3.05) is 13.1 Å². The van der Waals surface area contributed by atoms with Crippen LogP contribution in [-0.4, -0.2) is 46.5 Å². The van der Waals surface area contributed by atoms with Gasteiger partial charge < -0.3 is 20.6 Å². The summed E-state index contributed by atoms with van der Waals surface area (Å²) in [6.07, 6.45) is 0.976. The summed E-state index contributed by atoms with van der Waals surface area (Å²) in [7, 11) is 0. The zero-order chi connectivity index (χ0) is 16.4. The summed E-state index contributed by atoms with van der Waals surface area (Å²) in [6, 6.07) is 3.75. The van der Waals surface area contributed by atoms with Gasteiger partial charge in [-0.05, 0) is 24.3 Å². The molecule has 1 aromatic heterocycles. The van der Waals surface area contributed by atoms with Crippen molar-refractivity contribution < 1.29 is 19.5 Å². The van der Waals surface area contributed by atoms with Crippen LogP contribution >= 0.6 is 11.3 Å². The predicted molar refractivity (Wildman–Crippen MR) is 84.0 cm³/mol. The van der Waals surface area contributed by atoms with Crippen LogP contribution in [0, 0.1) is 5.92 Å². The lowest BCUT2D eigenvalue weighted by Crippen LogP contribution is -2.57. The van der Waals surface area contributed by atoms with E-state index in [0.29, 0.717) is 32.5 Å². The standard InChI is InChI=1S/C15H19N3O4S/c19-12-8-11(13(20)21)15(17-12)3-5-18(6-4-15)14(22)16-9-10-2-1-7-23-10/h1-2,7,11H,3-6,8-9H2,(H,16,22)(H,17,19)(H,20,21)/t11-/m0/s1. The summed E-state index contributed by atoms with van der Waals surface area (Å²) in [4.78, 5) is 38.0. The molecule has 0 bridgehead atoms. The average molecular weight is 337 g/mol. The Morgan fingerprint density at radius 2 is 2.17 bits per heavy atom. The van der Waals surface area contributed by atoms with Gasteiger partial charge in [0.25, 0.3) is 0 Å². The molecule has 23 heavy (non-hydrogen) atoms. The average Bonchev–Trinajstić information content (AvgIpc) is 3.14. The van der Waals surface area contributed by atoms with E-state index in [1.54, 1.807) is 16.2 Å². The Balaban J connectivity index is 1.56. The van der Waals surface area contributed by atoms with E-state index < -0.39 is 17.4 Å². The topological polar surface area (TPSA) is 98.7 Å². The number of carboxylic acid groups (broad SMARTS) is 1. The summed E-state index contributed by atoms with van der Waals surface area (Å²) < 4.78 is 0. The predicted octanol–water partition coefficient (Wildman–Crippen LogP) is 1.01. The fourth-order valence-corrected chi connectivity index (χ4v) is 4.03. The summed E-state index contributed by atoms with van der Waals surface area (Å²) in [5, 5.41) is 17.0. The molecular formula is C15H19N3O4S. The lowest BCUT2D eigenvalue weighted by Gasteiger charge is -2.41. The first-order chi connectivity index (χ1) is 11.0. The molecule has 3 heterocycles. The van der Waals surface area contributed by atoms with Crippen molar-refractivity contribution in [1.29, 1.82) is 0 Å². The number of hydrogen-bond acceptors (Lipinski definition) is 4. The number of urea groups is 1. The second-order valence-electron chi connectivity index (χ2n) is 6.02. The van der Waals surface area contributed by atoms with Gasteiger partial charge in [0.1, 0.15) is 0 Å². The highest BCUT2D eigenvalue weighted by Gasteiger charge is 2.51. The Labute approximate surface area is 137 Å². The summed E-state index contributed by atoms with van der Waals surface area (Å²) in [5.41, 5.74) is -0.701. The van der Waals surface area contributed by atoms with E-state index in [2.05, 4.69) is 10.6 Å². The van der Waals surface area contributed by atoms with Gasteiger partial charge in [0, 0.05) is 24.4 Å². The molecule has 124 valence electrons. The van der Waals surface area contributed by atoms with Crippen LogP contribution in [0.25, 0.3) is 0 Å². The molecule has 1 aromatic rings. The SMILES string of the molecule is O=C1C[C@@H](C(=O)O)C2(CCN(C(=O)NCc3cccs3)CC2)N1. The summed E-state index contributed by atoms with van der Waals surface area (Å²) >= 11 is 1.58. The number of aliphatic carboxylic acids is 1. The molecule has 2 aliphatic rings. The Morgan fingerprint density at radius 3 is 2.78 bits per heavy atom. The maximum Gasteiger partial charge on any atom is 0.317 e. The molecule has 2 aliphatic heterocycles. The maximum absolute atomic E-state index is 12.2. The third-order valence-electron chi connectivity index (χ3n) is 4.68. The van der Waals surface area contributed by atoms with Crippen LogP contribution in [0.4, 0.5) is 4.79 Å². The molecule has 3 N–H and O–H groups in total. The number of amides is 3. The molecule has 1 atom stereocenters. The normalized spacial score (nSPS) is 22.9. The van der Waals surface area contributed by atoms with Crippen molar-refractivity contribution >= 4 is 29.2 Å². The Morgan fingerprint density at radius 1 is 1.43 bits per heavy atom. The fourth-order valence-electron chi connectivity index (χ4n) is 3.39. The molecular weight excluding hydrogens is 318 g/mol. The second kappa shape index (κ2) is 6.19. The first kappa shape index (κ1) is 15.8. The van der Waals surface area contributed by atoms with Crippen LogP contribution in [-0.2, 0) is 16.1 Å². The maximum atomic E-state index is 12.2.